The van der Waals surface area contributed by atoms with Gasteiger partial charge in [-0.2, -0.15) is 15.0 Å². The predicted octanol–water partition coefficient (Wildman–Crippen LogP) is 1.96. The van der Waals surface area contributed by atoms with Crippen molar-refractivity contribution in [1.82, 2.24) is 15.0 Å². The summed E-state index contributed by atoms with van der Waals surface area (Å²) in [5.41, 5.74) is 2.95. The fraction of sp³-hybridized carbons (Fsp3) is 0.786. The lowest BCUT2D eigenvalue weighted by molar-refractivity contribution is 0.198. The summed E-state index contributed by atoms with van der Waals surface area (Å²) in [7, 11) is 0. The highest BCUT2D eigenvalue weighted by Gasteiger charge is 2.32. The average Bonchev–Trinajstić information content (AvgIpc) is 2.55. The molecule has 1 aromatic heterocycles. The highest BCUT2D eigenvalue weighted by Crippen LogP contribution is 2.38. The number of nitrogens with two attached hydrogens (primary N) is 1. The molecule has 1 aromatic rings. The highest BCUT2D eigenvalue weighted by molar-refractivity contribution is 5.38. The molecule has 3 N–H and O–H groups in total. The van der Waals surface area contributed by atoms with Gasteiger partial charge in [0.1, 0.15) is 0 Å². The van der Waals surface area contributed by atoms with Crippen LogP contribution in [0.15, 0.2) is 0 Å². The van der Waals surface area contributed by atoms with E-state index in [0.29, 0.717) is 29.9 Å². The Morgan fingerprint density at radius 2 is 1.81 bits per heavy atom. The van der Waals surface area contributed by atoms with Gasteiger partial charge in [0.05, 0.1) is 6.61 Å². The van der Waals surface area contributed by atoms with Gasteiger partial charge in [0.15, 0.2) is 0 Å². The Morgan fingerprint density at radius 3 is 2.33 bits per heavy atom. The van der Waals surface area contributed by atoms with Gasteiger partial charge in [-0.05, 0) is 25.2 Å². The molecule has 0 unspecified atom stereocenters. The quantitative estimate of drug-likeness (QED) is 0.612. The largest absolute Gasteiger partial charge is 0.464 e. The molecule has 1 aliphatic heterocycles. The van der Waals surface area contributed by atoms with Crippen molar-refractivity contribution in [3.63, 3.8) is 0 Å². The van der Waals surface area contributed by atoms with Gasteiger partial charge < -0.3 is 9.64 Å². The molecular formula is C14H26N6O. The van der Waals surface area contributed by atoms with Gasteiger partial charge in [0, 0.05) is 13.1 Å². The number of ether oxygens (including phenoxy) is 1. The number of rotatable bonds is 6. The van der Waals surface area contributed by atoms with E-state index in [1.807, 2.05) is 6.92 Å². The maximum Gasteiger partial charge on any atom is 0.323 e. The molecule has 0 spiro atoms. The van der Waals surface area contributed by atoms with Crippen molar-refractivity contribution < 1.29 is 4.74 Å². The number of aromatic nitrogens is 3. The second kappa shape index (κ2) is 6.89. The third-order valence-corrected chi connectivity index (χ3v) is 4.61. The van der Waals surface area contributed by atoms with E-state index in [1.165, 1.54) is 25.7 Å². The Morgan fingerprint density at radius 1 is 1.14 bits per heavy atom. The Bertz CT molecular complexity index is 453. The normalized spacial score (nSPS) is 17.6. The van der Waals surface area contributed by atoms with Crippen LogP contribution in [0.1, 0.15) is 46.5 Å². The fourth-order valence-corrected chi connectivity index (χ4v) is 2.88. The van der Waals surface area contributed by atoms with E-state index in [2.05, 4.69) is 39.1 Å². The molecular weight excluding hydrogens is 268 g/mol. The number of nitrogen functional groups attached to an aromatic ring is 1. The summed E-state index contributed by atoms with van der Waals surface area (Å²) < 4.78 is 5.38. The molecule has 1 saturated heterocycles. The van der Waals surface area contributed by atoms with Crippen molar-refractivity contribution in [2.24, 2.45) is 11.3 Å². The van der Waals surface area contributed by atoms with Crippen LogP contribution < -0.4 is 20.9 Å². The lowest BCUT2D eigenvalue weighted by Gasteiger charge is -2.41. The molecule has 0 atom stereocenters. The first-order chi connectivity index (χ1) is 10.2. The van der Waals surface area contributed by atoms with E-state index in [9.17, 15) is 0 Å². The van der Waals surface area contributed by atoms with Crippen molar-refractivity contribution >= 4 is 11.9 Å². The van der Waals surface area contributed by atoms with E-state index in [1.54, 1.807) is 0 Å². The molecule has 7 heteroatoms. The van der Waals surface area contributed by atoms with Gasteiger partial charge in [0.2, 0.25) is 11.9 Å². The smallest absolute Gasteiger partial charge is 0.323 e. The van der Waals surface area contributed by atoms with Crippen LogP contribution >= 0.6 is 0 Å². The minimum absolute atomic E-state index is 0.318. The van der Waals surface area contributed by atoms with Crippen LogP contribution in [-0.4, -0.2) is 34.6 Å². The van der Waals surface area contributed by atoms with Crippen molar-refractivity contribution in [2.45, 2.75) is 46.5 Å². The molecule has 1 fully saturated rings. The van der Waals surface area contributed by atoms with E-state index < -0.39 is 0 Å². The van der Waals surface area contributed by atoms with E-state index >= 15 is 0 Å². The lowest BCUT2D eigenvalue weighted by Crippen LogP contribution is -2.40. The van der Waals surface area contributed by atoms with Gasteiger partial charge in [-0.25, -0.2) is 5.84 Å². The van der Waals surface area contributed by atoms with Crippen molar-refractivity contribution in [3.8, 4) is 6.01 Å². The van der Waals surface area contributed by atoms with Crippen LogP contribution in [0.4, 0.5) is 11.9 Å². The van der Waals surface area contributed by atoms with Crippen LogP contribution in [0.2, 0.25) is 0 Å². The SMILES string of the molecule is CCOc1nc(NN)nc(N2CCC(CC)(CC)CC2)n1. The van der Waals surface area contributed by atoms with E-state index in [4.69, 9.17) is 10.6 Å². The molecule has 118 valence electrons. The summed E-state index contributed by atoms with van der Waals surface area (Å²) in [6.45, 7) is 8.90. The second-order valence-electron chi connectivity index (χ2n) is 5.51. The van der Waals surface area contributed by atoms with Crippen molar-refractivity contribution in [3.05, 3.63) is 0 Å². The first-order valence-corrected chi connectivity index (χ1v) is 7.76. The number of hydrazine groups is 1. The zero-order valence-electron chi connectivity index (χ0n) is 13.2. The van der Waals surface area contributed by atoms with Crippen LogP contribution in [0.25, 0.3) is 0 Å². The van der Waals surface area contributed by atoms with Gasteiger partial charge in [0.25, 0.3) is 0 Å². The zero-order valence-corrected chi connectivity index (χ0v) is 13.2. The average molecular weight is 294 g/mol. The molecule has 1 aliphatic rings. The van der Waals surface area contributed by atoms with E-state index in [0.717, 1.165) is 13.1 Å². The summed E-state index contributed by atoms with van der Waals surface area (Å²) in [5, 5.41) is 0. The first kappa shape index (κ1) is 15.8. The molecule has 0 aromatic carbocycles. The summed E-state index contributed by atoms with van der Waals surface area (Å²) >= 11 is 0. The Kier molecular flexibility index (Phi) is 5.17. The van der Waals surface area contributed by atoms with Gasteiger partial charge in [-0.1, -0.05) is 26.7 Å². The Labute approximate surface area is 126 Å². The maximum atomic E-state index is 5.42. The molecule has 21 heavy (non-hydrogen) atoms. The van der Waals surface area contributed by atoms with Crippen molar-refractivity contribution in [2.75, 3.05) is 30.0 Å². The number of piperidine rings is 1. The third-order valence-electron chi connectivity index (χ3n) is 4.61. The maximum absolute atomic E-state index is 5.42. The molecule has 0 aliphatic carbocycles. The summed E-state index contributed by atoms with van der Waals surface area (Å²) in [6.07, 6.45) is 4.80. The monoisotopic (exact) mass is 294 g/mol. The standard InChI is InChI=1S/C14H26N6O/c1-4-14(5-2)7-9-20(10-8-14)12-16-11(19-15)17-13(18-12)21-6-3/h4-10,15H2,1-3H3,(H,16,17,18,19). The number of nitrogens with zero attached hydrogens (tertiary/aromatic N) is 4. The van der Waals surface area contributed by atoms with Gasteiger partial charge in [-0.15, -0.1) is 0 Å². The van der Waals surface area contributed by atoms with E-state index in [-0.39, 0.29) is 0 Å². The molecule has 0 saturated carbocycles. The number of hydrogen-bond acceptors (Lipinski definition) is 7. The van der Waals surface area contributed by atoms with Crippen LogP contribution in [-0.2, 0) is 0 Å². The summed E-state index contributed by atoms with van der Waals surface area (Å²) in [5.74, 6) is 6.40. The second-order valence-corrected chi connectivity index (χ2v) is 5.51. The fourth-order valence-electron chi connectivity index (χ4n) is 2.88. The van der Waals surface area contributed by atoms with Gasteiger partial charge >= 0.3 is 6.01 Å². The number of nitrogens with one attached hydrogen (secondary N) is 1. The van der Waals surface area contributed by atoms with Crippen molar-refractivity contribution in [1.29, 1.82) is 0 Å². The molecule has 2 rings (SSSR count). The molecule has 0 amide bonds. The van der Waals surface area contributed by atoms with Crippen LogP contribution in [0, 0.1) is 5.41 Å². The Hall–Kier alpha value is -1.63. The predicted molar refractivity (Wildman–Crippen MR) is 83.3 cm³/mol. The number of anilines is 2. The lowest BCUT2D eigenvalue weighted by atomic mass is 9.74. The minimum atomic E-state index is 0.318. The third kappa shape index (κ3) is 3.53. The summed E-state index contributed by atoms with van der Waals surface area (Å²) in [4.78, 5) is 15.0. The first-order valence-electron chi connectivity index (χ1n) is 7.76. The summed E-state index contributed by atoms with van der Waals surface area (Å²) in [6, 6.07) is 0.318. The van der Waals surface area contributed by atoms with Gasteiger partial charge in [-0.3, -0.25) is 5.43 Å². The Balaban J connectivity index is 2.14. The molecule has 0 bridgehead atoms. The molecule has 7 nitrogen and oxygen atoms in total. The zero-order chi connectivity index (χ0) is 15.3. The molecule has 2 heterocycles. The highest BCUT2D eigenvalue weighted by atomic mass is 16.5. The topological polar surface area (TPSA) is 89.2 Å². The number of hydrogen-bond donors (Lipinski definition) is 2. The molecule has 0 radical (unpaired) electrons. The van der Waals surface area contributed by atoms with Crippen LogP contribution in [0.5, 0.6) is 6.01 Å². The minimum Gasteiger partial charge on any atom is -0.464 e. The van der Waals surface area contributed by atoms with Crippen LogP contribution in [0.3, 0.4) is 0 Å².